The van der Waals surface area contributed by atoms with E-state index in [-0.39, 0.29) is 0 Å². The average molecular weight is 244 g/mol. The summed E-state index contributed by atoms with van der Waals surface area (Å²) in [5.41, 5.74) is 3.08. The lowest BCUT2D eigenvalue weighted by atomic mass is 9.88. The predicted molar refractivity (Wildman–Crippen MR) is 76.1 cm³/mol. The molecule has 2 aliphatic rings. The van der Waals surface area contributed by atoms with Crippen LogP contribution in [0.1, 0.15) is 42.2 Å². The highest BCUT2D eigenvalue weighted by Gasteiger charge is 2.20. The molecule has 2 saturated heterocycles. The number of rotatable bonds is 2. The smallest absolute Gasteiger partial charge is 0.00206 e. The van der Waals surface area contributed by atoms with E-state index in [0.717, 1.165) is 18.4 Å². The first-order chi connectivity index (χ1) is 8.83. The van der Waals surface area contributed by atoms with Gasteiger partial charge in [0.25, 0.3) is 0 Å². The zero-order valence-corrected chi connectivity index (χ0v) is 11.4. The van der Waals surface area contributed by atoms with Gasteiger partial charge in [-0.05, 0) is 68.9 Å². The van der Waals surface area contributed by atoms with Gasteiger partial charge in [-0.15, -0.1) is 0 Å². The normalized spacial score (nSPS) is 26.6. The molecule has 1 aromatic carbocycles. The maximum atomic E-state index is 3.45. The van der Waals surface area contributed by atoms with Gasteiger partial charge in [-0.2, -0.15) is 0 Å². The summed E-state index contributed by atoms with van der Waals surface area (Å²) in [6.45, 7) is 4.84. The molecule has 98 valence electrons. The van der Waals surface area contributed by atoms with Crippen LogP contribution < -0.4 is 5.32 Å². The fourth-order valence-corrected chi connectivity index (χ4v) is 3.32. The highest BCUT2D eigenvalue weighted by molar-refractivity contribution is 5.28. The molecule has 2 heteroatoms. The van der Waals surface area contributed by atoms with Gasteiger partial charge in [-0.3, -0.25) is 0 Å². The summed E-state index contributed by atoms with van der Waals surface area (Å²) in [5, 5.41) is 3.45. The van der Waals surface area contributed by atoms with Crippen LogP contribution in [0.15, 0.2) is 24.3 Å². The zero-order valence-electron chi connectivity index (χ0n) is 11.4. The van der Waals surface area contributed by atoms with Crippen LogP contribution >= 0.6 is 0 Å². The Bertz CT molecular complexity index is 371. The number of piperidine rings is 1. The molecule has 18 heavy (non-hydrogen) atoms. The molecular weight excluding hydrogens is 220 g/mol. The van der Waals surface area contributed by atoms with Crippen LogP contribution in [0.3, 0.4) is 0 Å². The van der Waals surface area contributed by atoms with Gasteiger partial charge in [0.1, 0.15) is 0 Å². The van der Waals surface area contributed by atoms with Crippen molar-refractivity contribution in [3.63, 3.8) is 0 Å². The van der Waals surface area contributed by atoms with Crippen LogP contribution in [0.5, 0.6) is 0 Å². The molecule has 2 nitrogen and oxygen atoms in total. The van der Waals surface area contributed by atoms with E-state index in [1.54, 1.807) is 5.56 Å². The van der Waals surface area contributed by atoms with Crippen LogP contribution in [-0.2, 0) is 0 Å². The van der Waals surface area contributed by atoms with Crippen molar-refractivity contribution >= 4 is 0 Å². The van der Waals surface area contributed by atoms with Crippen molar-refractivity contribution in [2.45, 2.75) is 31.1 Å². The summed E-state index contributed by atoms with van der Waals surface area (Å²) in [6, 6.07) is 9.49. The molecule has 2 aliphatic heterocycles. The Morgan fingerprint density at radius 2 is 1.56 bits per heavy atom. The second kappa shape index (κ2) is 5.41. The molecule has 0 bridgehead atoms. The van der Waals surface area contributed by atoms with Crippen LogP contribution in [0.25, 0.3) is 0 Å². The Kier molecular flexibility index (Phi) is 3.67. The fourth-order valence-electron chi connectivity index (χ4n) is 3.32. The van der Waals surface area contributed by atoms with Crippen molar-refractivity contribution in [1.29, 1.82) is 0 Å². The summed E-state index contributed by atoms with van der Waals surface area (Å²) in [7, 11) is 2.23. The number of benzene rings is 1. The number of likely N-dealkylation sites (tertiary alicyclic amines) is 1. The van der Waals surface area contributed by atoms with Gasteiger partial charge < -0.3 is 10.2 Å². The maximum absolute atomic E-state index is 3.45. The fraction of sp³-hybridized carbons (Fsp3) is 0.625. The molecule has 2 heterocycles. The number of hydrogen-bond donors (Lipinski definition) is 1. The quantitative estimate of drug-likeness (QED) is 0.860. The van der Waals surface area contributed by atoms with Crippen molar-refractivity contribution in [3.05, 3.63) is 35.4 Å². The van der Waals surface area contributed by atoms with Gasteiger partial charge in [0.15, 0.2) is 0 Å². The average Bonchev–Trinajstić information content (AvgIpc) is 2.94. The first-order valence-corrected chi connectivity index (χ1v) is 7.32. The van der Waals surface area contributed by atoms with Crippen molar-refractivity contribution < 1.29 is 0 Å². The van der Waals surface area contributed by atoms with E-state index in [1.165, 1.54) is 44.5 Å². The third-order valence-corrected chi connectivity index (χ3v) is 4.66. The molecule has 0 aromatic heterocycles. The van der Waals surface area contributed by atoms with E-state index >= 15 is 0 Å². The Morgan fingerprint density at radius 3 is 2.11 bits per heavy atom. The lowest BCUT2D eigenvalue weighted by molar-refractivity contribution is 0.255. The Morgan fingerprint density at radius 1 is 0.944 bits per heavy atom. The highest BCUT2D eigenvalue weighted by atomic mass is 15.1. The second-order valence-corrected chi connectivity index (χ2v) is 5.93. The molecule has 0 spiro atoms. The molecule has 3 rings (SSSR count). The Labute approximate surface area is 110 Å². The van der Waals surface area contributed by atoms with E-state index < -0.39 is 0 Å². The molecule has 0 amide bonds. The Balaban J connectivity index is 1.67. The summed E-state index contributed by atoms with van der Waals surface area (Å²) in [4.78, 5) is 2.44. The van der Waals surface area contributed by atoms with Crippen LogP contribution in [0.2, 0.25) is 0 Å². The third kappa shape index (κ3) is 2.60. The minimum Gasteiger partial charge on any atom is -0.316 e. The van der Waals surface area contributed by atoms with E-state index in [2.05, 4.69) is 41.5 Å². The van der Waals surface area contributed by atoms with Crippen molar-refractivity contribution in [2.24, 2.45) is 0 Å². The third-order valence-electron chi connectivity index (χ3n) is 4.66. The van der Waals surface area contributed by atoms with Gasteiger partial charge in [0, 0.05) is 6.54 Å². The molecule has 1 N–H and O–H groups in total. The molecule has 1 unspecified atom stereocenters. The summed E-state index contributed by atoms with van der Waals surface area (Å²) in [5.74, 6) is 1.54. The van der Waals surface area contributed by atoms with Crippen molar-refractivity contribution in [1.82, 2.24) is 10.2 Å². The molecule has 0 aliphatic carbocycles. The van der Waals surface area contributed by atoms with Crippen molar-refractivity contribution in [2.75, 3.05) is 33.2 Å². The minimum absolute atomic E-state index is 0.747. The number of nitrogens with one attached hydrogen (secondary N) is 1. The zero-order chi connectivity index (χ0) is 12.4. The highest BCUT2D eigenvalue weighted by Crippen LogP contribution is 2.29. The van der Waals surface area contributed by atoms with Gasteiger partial charge >= 0.3 is 0 Å². The topological polar surface area (TPSA) is 15.3 Å². The van der Waals surface area contributed by atoms with E-state index in [0.29, 0.717) is 0 Å². The first-order valence-electron chi connectivity index (χ1n) is 7.32. The van der Waals surface area contributed by atoms with Gasteiger partial charge in [0.2, 0.25) is 0 Å². The lowest BCUT2D eigenvalue weighted by Gasteiger charge is -2.29. The number of nitrogens with zero attached hydrogens (tertiary/aromatic N) is 1. The van der Waals surface area contributed by atoms with E-state index in [4.69, 9.17) is 0 Å². The molecule has 1 aromatic rings. The minimum atomic E-state index is 0.747. The van der Waals surface area contributed by atoms with Gasteiger partial charge in [0.05, 0.1) is 0 Å². The molecule has 1 atom stereocenters. The Hall–Kier alpha value is -0.860. The number of hydrogen-bond acceptors (Lipinski definition) is 2. The van der Waals surface area contributed by atoms with Crippen molar-refractivity contribution in [3.8, 4) is 0 Å². The second-order valence-electron chi connectivity index (χ2n) is 5.93. The van der Waals surface area contributed by atoms with Crippen LogP contribution in [0, 0.1) is 0 Å². The van der Waals surface area contributed by atoms with E-state index in [9.17, 15) is 0 Å². The molecule has 2 fully saturated rings. The lowest BCUT2D eigenvalue weighted by Crippen LogP contribution is -2.29. The molecular formula is C16H24N2. The molecule has 0 saturated carbocycles. The SMILES string of the molecule is CN1CCC(c2ccc(C3CCNC3)cc2)CC1. The van der Waals surface area contributed by atoms with Crippen LogP contribution in [0.4, 0.5) is 0 Å². The molecule has 0 radical (unpaired) electrons. The summed E-state index contributed by atoms with van der Waals surface area (Å²) in [6.07, 6.45) is 3.94. The van der Waals surface area contributed by atoms with Crippen LogP contribution in [-0.4, -0.2) is 38.1 Å². The monoisotopic (exact) mass is 244 g/mol. The van der Waals surface area contributed by atoms with E-state index in [1.807, 2.05) is 0 Å². The largest absolute Gasteiger partial charge is 0.316 e. The summed E-state index contributed by atoms with van der Waals surface area (Å²) < 4.78 is 0. The van der Waals surface area contributed by atoms with Gasteiger partial charge in [-0.25, -0.2) is 0 Å². The van der Waals surface area contributed by atoms with Gasteiger partial charge in [-0.1, -0.05) is 24.3 Å². The first kappa shape index (κ1) is 12.2. The predicted octanol–water partition coefficient (Wildman–Crippen LogP) is 2.57. The maximum Gasteiger partial charge on any atom is 0.00206 e. The summed E-state index contributed by atoms with van der Waals surface area (Å²) >= 11 is 0. The standard InChI is InChI=1S/C16H24N2/c1-18-10-7-15(8-11-18)13-2-4-14(5-3-13)16-6-9-17-12-16/h2-5,15-17H,6-12H2,1H3.